The summed E-state index contributed by atoms with van der Waals surface area (Å²) in [6.07, 6.45) is 4.10. The first kappa shape index (κ1) is 24.0. The lowest BCUT2D eigenvalue weighted by atomic mass is 9.74. The van der Waals surface area contributed by atoms with Gasteiger partial charge < -0.3 is 15.0 Å². The van der Waals surface area contributed by atoms with Crippen molar-refractivity contribution in [2.45, 2.75) is 63.5 Å². The predicted octanol–water partition coefficient (Wildman–Crippen LogP) is 3.53. The summed E-state index contributed by atoms with van der Waals surface area (Å²) in [6, 6.07) is 4.03. The number of hydrogen-bond acceptors (Lipinski definition) is 4. The maximum absolute atomic E-state index is 14.1. The van der Waals surface area contributed by atoms with Crippen molar-refractivity contribution < 1.29 is 23.5 Å². The number of benzene rings is 1. The van der Waals surface area contributed by atoms with Gasteiger partial charge in [0.25, 0.3) is 5.91 Å². The van der Waals surface area contributed by atoms with E-state index in [2.05, 4.69) is 5.32 Å². The Labute approximate surface area is 198 Å². The summed E-state index contributed by atoms with van der Waals surface area (Å²) in [5.74, 6) is -0.915. The summed E-state index contributed by atoms with van der Waals surface area (Å²) >= 11 is 6.08. The fourth-order valence-electron chi connectivity index (χ4n) is 5.43. The van der Waals surface area contributed by atoms with Crippen LogP contribution in [0.4, 0.5) is 9.18 Å². The van der Waals surface area contributed by atoms with Crippen molar-refractivity contribution in [2.24, 2.45) is 5.92 Å². The van der Waals surface area contributed by atoms with Crippen LogP contribution in [0.2, 0.25) is 5.02 Å². The lowest BCUT2D eigenvalue weighted by Gasteiger charge is -2.41. The van der Waals surface area contributed by atoms with Crippen LogP contribution in [0.3, 0.4) is 0 Å². The molecule has 3 heterocycles. The zero-order valence-corrected chi connectivity index (χ0v) is 19.7. The number of nitrogens with one attached hydrogen (secondary N) is 1. The molecule has 0 aliphatic carbocycles. The molecule has 0 unspecified atom stereocenters. The highest BCUT2D eigenvalue weighted by atomic mass is 35.5. The van der Waals surface area contributed by atoms with Crippen LogP contribution in [0.5, 0.6) is 0 Å². The van der Waals surface area contributed by atoms with E-state index < -0.39 is 11.4 Å². The molecule has 0 saturated carbocycles. The molecule has 2 atom stereocenters. The SMILES string of the molecule is CCC[C@@]1(C2CCN(C(=O)Cc3c(F)cccc3Cl)CC2)NC(=O)N(C[C@H]2CCCO2)C1=O. The Hall–Kier alpha value is -2.19. The number of hydrogen-bond donors (Lipinski definition) is 1. The molecule has 180 valence electrons. The molecule has 9 heteroatoms. The topological polar surface area (TPSA) is 79.0 Å². The average Bonchev–Trinajstić information content (AvgIpc) is 3.40. The van der Waals surface area contributed by atoms with Crippen LogP contribution in [-0.4, -0.2) is 65.5 Å². The number of rotatable bonds is 7. The Balaban J connectivity index is 1.42. The molecule has 3 saturated heterocycles. The number of urea groups is 1. The van der Waals surface area contributed by atoms with Crippen molar-refractivity contribution in [1.29, 1.82) is 0 Å². The first-order valence-electron chi connectivity index (χ1n) is 11.8. The number of ether oxygens (including phenoxy) is 1. The Bertz CT molecular complexity index is 895. The highest BCUT2D eigenvalue weighted by Gasteiger charge is 2.55. The van der Waals surface area contributed by atoms with Gasteiger partial charge in [0.05, 0.1) is 19.1 Å². The second kappa shape index (κ2) is 9.97. The molecule has 4 amide bonds. The van der Waals surface area contributed by atoms with Crippen LogP contribution >= 0.6 is 11.6 Å². The zero-order valence-electron chi connectivity index (χ0n) is 18.9. The van der Waals surface area contributed by atoms with Crippen LogP contribution in [0.25, 0.3) is 0 Å². The number of carbonyl (C=O) groups is 3. The van der Waals surface area contributed by atoms with Gasteiger partial charge in [-0.05, 0) is 50.2 Å². The largest absolute Gasteiger partial charge is 0.376 e. The van der Waals surface area contributed by atoms with Gasteiger partial charge in [-0.25, -0.2) is 9.18 Å². The van der Waals surface area contributed by atoms with Gasteiger partial charge >= 0.3 is 6.03 Å². The van der Waals surface area contributed by atoms with E-state index in [1.54, 1.807) is 11.0 Å². The maximum Gasteiger partial charge on any atom is 0.325 e. The molecule has 0 radical (unpaired) electrons. The average molecular weight is 480 g/mol. The standard InChI is InChI=1S/C24H31ClFN3O4/c1-2-10-24(22(31)29(23(32)27-24)15-17-5-4-13-33-17)16-8-11-28(12-9-16)21(30)14-18-19(25)6-3-7-20(18)26/h3,6-7,16-17H,2,4-5,8-15H2,1H3,(H,27,32)/t17-,24+/m1/s1. The summed E-state index contributed by atoms with van der Waals surface area (Å²) < 4.78 is 19.7. The molecule has 1 N–H and O–H groups in total. The number of amides is 4. The third kappa shape index (κ3) is 4.73. The molecule has 1 aromatic carbocycles. The van der Waals surface area contributed by atoms with Crippen LogP contribution < -0.4 is 5.32 Å². The van der Waals surface area contributed by atoms with Gasteiger partial charge in [0.1, 0.15) is 11.4 Å². The minimum absolute atomic E-state index is 0.0653. The Kier molecular flexibility index (Phi) is 7.24. The summed E-state index contributed by atoms with van der Waals surface area (Å²) in [6.45, 7) is 3.86. The number of likely N-dealkylation sites (tertiary alicyclic amines) is 1. The number of carbonyl (C=O) groups excluding carboxylic acids is 3. The lowest BCUT2D eigenvalue weighted by Crippen LogP contribution is -2.56. The van der Waals surface area contributed by atoms with Gasteiger partial charge in [0, 0.05) is 30.3 Å². The van der Waals surface area contributed by atoms with Crippen molar-refractivity contribution in [2.75, 3.05) is 26.2 Å². The third-order valence-corrected chi connectivity index (χ3v) is 7.54. The Morgan fingerprint density at radius 2 is 2.03 bits per heavy atom. The summed E-state index contributed by atoms with van der Waals surface area (Å²) in [4.78, 5) is 42.1. The van der Waals surface area contributed by atoms with E-state index in [-0.39, 0.29) is 53.4 Å². The second-order valence-electron chi connectivity index (χ2n) is 9.23. The van der Waals surface area contributed by atoms with Gasteiger partial charge in [-0.1, -0.05) is 31.0 Å². The van der Waals surface area contributed by atoms with Crippen molar-refractivity contribution in [3.8, 4) is 0 Å². The van der Waals surface area contributed by atoms with Crippen molar-refractivity contribution in [1.82, 2.24) is 15.1 Å². The second-order valence-corrected chi connectivity index (χ2v) is 9.64. The molecule has 33 heavy (non-hydrogen) atoms. The summed E-state index contributed by atoms with van der Waals surface area (Å²) in [5, 5.41) is 3.26. The molecule has 0 spiro atoms. The molecule has 3 aliphatic rings. The van der Waals surface area contributed by atoms with E-state index in [0.29, 0.717) is 39.0 Å². The van der Waals surface area contributed by atoms with Gasteiger partial charge in [-0.3, -0.25) is 14.5 Å². The fraction of sp³-hybridized carbons (Fsp3) is 0.625. The predicted molar refractivity (Wildman–Crippen MR) is 121 cm³/mol. The molecule has 0 bridgehead atoms. The molecular weight excluding hydrogens is 449 g/mol. The van der Waals surface area contributed by atoms with Crippen LogP contribution in [-0.2, 0) is 20.7 Å². The number of piperidine rings is 1. The van der Waals surface area contributed by atoms with E-state index in [0.717, 1.165) is 19.3 Å². The molecular formula is C24H31ClFN3O4. The van der Waals surface area contributed by atoms with E-state index in [1.165, 1.54) is 17.0 Å². The molecule has 4 rings (SSSR count). The molecule has 3 aliphatic heterocycles. The minimum Gasteiger partial charge on any atom is -0.376 e. The summed E-state index contributed by atoms with van der Waals surface area (Å²) in [7, 11) is 0. The van der Waals surface area contributed by atoms with Crippen molar-refractivity contribution >= 4 is 29.4 Å². The van der Waals surface area contributed by atoms with E-state index in [1.807, 2.05) is 6.92 Å². The number of nitrogens with zero attached hydrogens (tertiary/aromatic N) is 2. The number of halogens is 2. The van der Waals surface area contributed by atoms with Gasteiger partial charge in [-0.2, -0.15) is 0 Å². The third-order valence-electron chi connectivity index (χ3n) is 7.19. The molecule has 7 nitrogen and oxygen atoms in total. The summed E-state index contributed by atoms with van der Waals surface area (Å²) in [5.41, 5.74) is -0.731. The fourth-order valence-corrected chi connectivity index (χ4v) is 5.66. The molecule has 0 aromatic heterocycles. The quantitative estimate of drug-likeness (QED) is 0.607. The smallest absolute Gasteiger partial charge is 0.325 e. The van der Waals surface area contributed by atoms with Gasteiger partial charge in [0.15, 0.2) is 0 Å². The van der Waals surface area contributed by atoms with E-state index in [9.17, 15) is 18.8 Å². The van der Waals surface area contributed by atoms with E-state index in [4.69, 9.17) is 16.3 Å². The van der Waals surface area contributed by atoms with E-state index >= 15 is 0 Å². The van der Waals surface area contributed by atoms with Gasteiger partial charge in [-0.15, -0.1) is 0 Å². The number of imide groups is 1. The van der Waals surface area contributed by atoms with Crippen LogP contribution in [0.1, 0.15) is 51.0 Å². The Morgan fingerprint density at radius 1 is 1.27 bits per heavy atom. The molecule has 3 fully saturated rings. The lowest BCUT2D eigenvalue weighted by molar-refractivity contribution is -0.136. The zero-order chi connectivity index (χ0) is 23.6. The normalized spacial score (nSPS) is 26.2. The van der Waals surface area contributed by atoms with Crippen LogP contribution in [0.15, 0.2) is 18.2 Å². The van der Waals surface area contributed by atoms with Crippen LogP contribution in [0, 0.1) is 11.7 Å². The minimum atomic E-state index is -0.936. The monoisotopic (exact) mass is 479 g/mol. The van der Waals surface area contributed by atoms with Gasteiger partial charge in [0.2, 0.25) is 5.91 Å². The van der Waals surface area contributed by atoms with Crippen molar-refractivity contribution in [3.05, 3.63) is 34.6 Å². The van der Waals surface area contributed by atoms with Crippen molar-refractivity contribution in [3.63, 3.8) is 0 Å². The highest BCUT2D eigenvalue weighted by Crippen LogP contribution is 2.37. The first-order valence-corrected chi connectivity index (χ1v) is 12.2. The Morgan fingerprint density at radius 3 is 2.67 bits per heavy atom. The highest BCUT2D eigenvalue weighted by molar-refractivity contribution is 6.31. The molecule has 1 aromatic rings. The maximum atomic E-state index is 14.1. The first-order chi connectivity index (χ1) is 15.9.